The van der Waals surface area contributed by atoms with Crippen molar-refractivity contribution in [1.29, 1.82) is 0 Å². The molecule has 1 aliphatic rings. The Kier molecular flexibility index (Phi) is 10.7. The molecule has 1 fully saturated rings. The Balaban J connectivity index is 1.45. The Morgan fingerprint density at radius 1 is 0.957 bits per heavy atom. The van der Waals surface area contributed by atoms with Crippen molar-refractivity contribution < 1.29 is 42.1 Å². The van der Waals surface area contributed by atoms with Crippen molar-refractivity contribution >= 4 is 34.1 Å². The maximum absolute atomic E-state index is 13.8. The summed E-state index contributed by atoms with van der Waals surface area (Å²) < 4.78 is 32.5. The van der Waals surface area contributed by atoms with E-state index in [1.807, 2.05) is 37.3 Å². The minimum absolute atomic E-state index is 0.0336. The summed E-state index contributed by atoms with van der Waals surface area (Å²) in [6.45, 7) is 6.97. The SMILES string of the molecule is Cc1ccc(S(=O)(=O)n2cnc(C[C@H](NC(=O)OC(C)(C)C)C(=O)N3CCCN3C(=O)OOC(=O)CCc3ccccc3)c2)cc1. The first kappa shape index (κ1) is 34.0. The highest BCUT2D eigenvalue weighted by molar-refractivity contribution is 7.90. The standard InChI is InChI=1S/C31H37N5O9S/c1-22-11-14-25(15-12-22)46(41,42)34-20-24(32-21-34)19-26(33-29(39)43-31(2,3)4)28(38)35-17-8-18-36(35)30(40)45-44-27(37)16-13-23-9-6-5-7-10-23/h5-7,9-12,14-15,20-21,26H,8,13,16-19H2,1-4H3,(H,33,39)/t26-/m0/s1. The number of nitrogens with one attached hydrogen (secondary N) is 1. The van der Waals surface area contributed by atoms with Gasteiger partial charge in [-0.3, -0.25) is 4.79 Å². The largest absolute Gasteiger partial charge is 0.471 e. The van der Waals surface area contributed by atoms with E-state index in [0.717, 1.165) is 31.4 Å². The van der Waals surface area contributed by atoms with Crippen LogP contribution in [0.3, 0.4) is 0 Å². The lowest BCUT2D eigenvalue weighted by molar-refractivity contribution is -0.241. The lowest BCUT2D eigenvalue weighted by atomic mass is 10.1. The molecule has 4 rings (SSSR count). The molecule has 1 aromatic heterocycles. The van der Waals surface area contributed by atoms with E-state index in [1.54, 1.807) is 32.9 Å². The van der Waals surface area contributed by atoms with Crippen LogP contribution in [0.2, 0.25) is 0 Å². The van der Waals surface area contributed by atoms with Crippen LogP contribution < -0.4 is 5.32 Å². The molecule has 0 spiro atoms. The maximum atomic E-state index is 13.8. The van der Waals surface area contributed by atoms with E-state index in [0.29, 0.717) is 12.8 Å². The highest BCUT2D eigenvalue weighted by Crippen LogP contribution is 2.19. The first-order chi connectivity index (χ1) is 21.7. The van der Waals surface area contributed by atoms with Gasteiger partial charge in [0.05, 0.1) is 17.0 Å². The van der Waals surface area contributed by atoms with Crippen LogP contribution in [-0.2, 0) is 47.0 Å². The Morgan fingerprint density at radius 3 is 2.30 bits per heavy atom. The average molecular weight is 656 g/mol. The molecule has 1 atom stereocenters. The molecule has 0 aliphatic carbocycles. The molecule has 0 unspecified atom stereocenters. The first-order valence-corrected chi connectivity index (χ1v) is 16.1. The van der Waals surface area contributed by atoms with Gasteiger partial charge in [-0.25, -0.2) is 51.6 Å². The fourth-order valence-electron chi connectivity index (χ4n) is 4.54. The Bertz CT molecular complexity index is 1650. The van der Waals surface area contributed by atoms with E-state index in [2.05, 4.69) is 10.3 Å². The van der Waals surface area contributed by atoms with Crippen molar-refractivity contribution in [3.05, 3.63) is 83.9 Å². The van der Waals surface area contributed by atoms with Crippen molar-refractivity contribution in [3.8, 4) is 0 Å². The molecule has 14 nitrogen and oxygen atoms in total. The molecule has 15 heteroatoms. The number of carbonyl (C=O) groups is 4. The number of carbonyl (C=O) groups excluding carboxylic acids is 4. The second-order valence-corrected chi connectivity index (χ2v) is 13.5. The van der Waals surface area contributed by atoms with Gasteiger partial charge < -0.3 is 10.1 Å². The van der Waals surface area contributed by atoms with Gasteiger partial charge in [-0.05, 0) is 58.2 Å². The molecular formula is C31H37N5O9S. The van der Waals surface area contributed by atoms with Crippen LogP contribution in [0.5, 0.6) is 0 Å². The van der Waals surface area contributed by atoms with Crippen molar-refractivity contribution in [2.24, 2.45) is 0 Å². The maximum Gasteiger partial charge on any atom is 0.471 e. The van der Waals surface area contributed by atoms with Crippen LogP contribution >= 0.6 is 0 Å². The fraction of sp³-hybridized carbons (Fsp3) is 0.387. The summed E-state index contributed by atoms with van der Waals surface area (Å²) in [6.07, 6.45) is 0.845. The van der Waals surface area contributed by atoms with Crippen LogP contribution in [-0.4, -0.2) is 76.2 Å². The highest BCUT2D eigenvalue weighted by Gasteiger charge is 2.38. The van der Waals surface area contributed by atoms with Crippen molar-refractivity contribution in [2.45, 2.75) is 69.9 Å². The molecular weight excluding hydrogens is 618 g/mol. The van der Waals surface area contributed by atoms with Gasteiger partial charge in [0, 0.05) is 25.7 Å². The van der Waals surface area contributed by atoms with Gasteiger partial charge in [0.25, 0.3) is 15.9 Å². The number of benzene rings is 2. The third-order valence-corrected chi connectivity index (χ3v) is 8.40. The molecule has 0 bridgehead atoms. The zero-order chi connectivity index (χ0) is 33.5. The van der Waals surface area contributed by atoms with E-state index in [9.17, 15) is 27.6 Å². The molecule has 46 heavy (non-hydrogen) atoms. The molecule has 1 N–H and O–H groups in total. The van der Waals surface area contributed by atoms with Gasteiger partial charge in [0.15, 0.2) is 0 Å². The number of imidazole rings is 1. The molecule has 3 aromatic rings. The highest BCUT2D eigenvalue weighted by atomic mass is 32.2. The number of aromatic nitrogens is 2. The number of amides is 3. The summed E-state index contributed by atoms with van der Waals surface area (Å²) in [7, 11) is -3.97. The van der Waals surface area contributed by atoms with Crippen molar-refractivity contribution in [3.63, 3.8) is 0 Å². The molecule has 1 aliphatic heterocycles. The Morgan fingerprint density at radius 2 is 1.63 bits per heavy atom. The zero-order valence-corrected chi connectivity index (χ0v) is 26.9. The summed E-state index contributed by atoms with van der Waals surface area (Å²) in [5, 5.41) is 4.55. The lowest BCUT2D eigenvalue weighted by Gasteiger charge is -2.30. The molecule has 0 radical (unpaired) electrons. The van der Waals surface area contributed by atoms with Gasteiger partial charge in [0.2, 0.25) is 0 Å². The number of nitrogens with zero attached hydrogens (tertiary/aromatic N) is 4. The Labute approximate surface area is 267 Å². The predicted molar refractivity (Wildman–Crippen MR) is 163 cm³/mol. The van der Waals surface area contributed by atoms with E-state index in [4.69, 9.17) is 14.5 Å². The number of ether oxygens (including phenoxy) is 1. The minimum Gasteiger partial charge on any atom is -0.444 e. The van der Waals surface area contributed by atoms with Crippen molar-refractivity contribution in [1.82, 2.24) is 24.3 Å². The fourth-order valence-corrected chi connectivity index (χ4v) is 5.70. The summed E-state index contributed by atoms with van der Waals surface area (Å²) in [4.78, 5) is 65.1. The summed E-state index contributed by atoms with van der Waals surface area (Å²) in [6, 6.07) is 14.2. The predicted octanol–water partition coefficient (Wildman–Crippen LogP) is 3.54. The normalized spacial score (nSPS) is 14.0. The quantitative estimate of drug-likeness (QED) is 0.266. The van der Waals surface area contributed by atoms with E-state index in [-0.39, 0.29) is 36.5 Å². The van der Waals surface area contributed by atoms with E-state index >= 15 is 0 Å². The number of rotatable bonds is 9. The first-order valence-electron chi connectivity index (χ1n) is 14.6. The summed E-state index contributed by atoms with van der Waals surface area (Å²) >= 11 is 0. The van der Waals surface area contributed by atoms with Gasteiger partial charge in [-0.15, -0.1) is 0 Å². The number of aryl methyl sites for hydroxylation is 2. The summed E-state index contributed by atoms with van der Waals surface area (Å²) in [5.41, 5.74) is 1.09. The van der Waals surface area contributed by atoms with Crippen LogP contribution in [0.4, 0.5) is 9.59 Å². The average Bonchev–Trinajstić information content (AvgIpc) is 3.69. The van der Waals surface area contributed by atoms with E-state index in [1.165, 1.54) is 18.3 Å². The molecule has 3 amide bonds. The van der Waals surface area contributed by atoms with Gasteiger partial charge in [0.1, 0.15) is 18.0 Å². The molecule has 2 aromatic carbocycles. The minimum atomic E-state index is -3.97. The molecule has 1 saturated heterocycles. The Hall–Kier alpha value is -4.92. The van der Waals surface area contributed by atoms with Crippen LogP contribution in [0.15, 0.2) is 72.0 Å². The zero-order valence-electron chi connectivity index (χ0n) is 26.0. The number of hydrogen-bond donors (Lipinski definition) is 1. The van der Waals surface area contributed by atoms with Crippen LogP contribution in [0.1, 0.15) is 50.4 Å². The van der Waals surface area contributed by atoms with Crippen LogP contribution in [0, 0.1) is 6.92 Å². The van der Waals surface area contributed by atoms with Gasteiger partial charge in [-0.1, -0.05) is 48.0 Å². The monoisotopic (exact) mass is 655 g/mol. The summed E-state index contributed by atoms with van der Waals surface area (Å²) in [5.74, 6) is -1.48. The second kappa shape index (κ2) is 14.5. The second-order valence-electron chi connectivity index (χ2n) is 11.6. The third-order valence-electron chi connectivity index (χ3n) is 6.78. The smallest absolute Gasteiger partial charge is 0.444 e. The molecule has 0 saturated carbocycles. The van der Waals surface area contributed by atoms with Gasteiger partial charge in [-0.2, -0.15) is 0 Å². The molecule has 246 valence electrons. The lowest BCUT2D eigenvalue weighted by Crippen LogP contribution is -2.55. The van der Waals surface area contributed by atoms with E-state index < -0.39 is 45.7 Å². The molecule has 2 heterocycles. The van der Waals surface area contributed by atoms with Gasteiger partial charge >= 0.3 is 18.2 Å². The number of hydrazine groups is 1. The van der Waals surface area contributed by atoms with Crippen molar-refractivity contribution in [2.75, 3.05) is 13.1 Å². The number of alkyl carbamates (subject to hydrolysis) is 1. The topological polar surface area (TPSA) is 166 Å². The third kappa shape index (κ3) is 9.06. The number of hydrogen-bond acceptors (Lipinski definition) is 10. The van der Waals surface area contributed by atoms with Crippen LogP contribution in [0.25, 0.3) is 0 Å².